The molecule has 4 nitrogen and oxygen atoms in total. The van der Waals surface area contributed by atoms with E-state index in [4.69, 9.17) is 14.2 Å². The van der Waals surface area contributed by atoms with Gasteiger partial charge in [0.2, 0.25) is 0 Å². The second kappa shape index (κ2) is 6.87. The van der Waals surface area contributed by atoms with Gasteiger partial charge >= 0.3 is 0 Å². The lowest BCUT2D eigenvalue weighted by Crippen LogP contribution is -2.47. The molecule has 0 saturated carbocycles. The monoisotopic (exact) mass is 380 g/mol. The number of benzene rings is 1. The van der Waals surface area contributed by atoms with Crippen molar-refractivity contribution >= 4 is 22.0 Å². The van der Waals surface area contributed by atoms with Gasteiger partial charge in [-0.25, -0.2) is 0 Å². The lowest BCUT2D eigenvalue weighted by atomic mass is 9.96. The summed E-state index contributed by atoms with van der Waals surface area (Å²) in [7, 11) is 0. The Morgan fingerprint density at radius 2 is 2.00 bits per heavy atom. The van der Waals surface area contributed by atoms with Crippen LogP contribution in [0.3, 0.4) is 0 Å². The lowest BCUT2D eigenvalue weighted by molar-refractivity contribution is -0.160. The Kier molecular flexibility index (Phi) is 5.04. The van der Waals surface area contributed by atoms with Gasteiger partial charge in [0.25, 0.3) is 0 Å². The van der Waals surface area contributed by atoms with Crippen molar-refractivity contribution in [2.24, 2.45) is 0 Å². The zero-order chi connectivity index (χ0) is 16.4. The molecular formula is C18H21BrO4. The average molecular weight is 381 g/mol. The highest BCUT2D eigenvalue weighted by Gasteiger charge is 2.50. The van der Waals surface area contributed by atoms with E-state index in [1.807, 2.05) is 62.4 Å². The van der Waals surface area contributed by atoms with Crippen molar-refractivity contribution in [3.8, 4) is 0 Å². The number of hydrogen-bond acceptors (Lipinski definition) is 4. The zero-order valence-corrected chi connectivity index (χ0v) is 14.8. The van der Waals surface area contributed by atoms with Crippen molar-refractivity contribution in [1.82, 2.24) is 0 Å². The summed E-state index contributed by atoms with van der Waals surface area (Å²) in [6.45, 7) is 4.10. The highest BCUT2D eigenvalue weighted by atomic mass is 79.9. The molecule has 0 amide bonds. The Balaban J connectivity index is 1.60. The SMILES string of the molecule is CC1(C)O[C@@H]2C(Br)=C[C@H](OC/C=C/c3ccccc3)C(O)[C@@H]2O1. The predicted molar refractivity (Wildman–Crippen MR) is 92.1 cm³/mol. The molecule has 23 heavy (non-hydrogen) atoms. The van der Waals surface area contributed by atoms with E-state index in [1.165, 1.54) is 0 Å². The number of aliphatic hydroxyl groups is 1. The number of hydrogen-bond donors (Lipinski definition) is 1. The van der Waals surface area contributed by atoms with E-state index < -0.39 is 24.1 Å². The summed E-state index contributed by atoms with van der Waals surface area (Å²) in [4.78, 5) is 0. The molecule has 0 aromatic heterocycles. The molecule has 4 atom stereocenters. The molecule has 0 bridgehead atoms. The maximum Gasteiger partial charge on any atom is 0.164 e. The van der Waals surface area contributed by atoms with E-state index >= 15 is 0 Å². The van der Waals surface area contributed by atoms with Crippen LogP contribution in [0.15, 0.2) is 47.0 Å². The van der Waals surface area contributed by atoms with Crippen LogP contribution in [0.5, 0.6) is 0 Å². The molecule has 1 unspecified atom stereocenters. The van der Waals surface area contributed by atoms with E-state index in [0.717, 1.165) is 10.0 Å². The summed E-state index contributed by atoms with van der Waals surface area (Å²) in [6, 6.07) is 10.0. The third-order valence-corrected chi connectivity index (χ3v) is 4.61. The molecule has 3 rings (SSSR count). The Morgan fingerprint density at radius 3 is 2.74 bits per heavy atom. The third kappa shape index (κ3) is 3.92. The van der Waals surface area contributed by atoms with E-state index in [9.17, 15) is 5.11 Å². The minimum atomic E-state index is -0.756. The minimum Gasteiger partial charge on any atom is -0.387 e. The maximum atomic E-state index is 10.5. The minimum absolute atomic E-state index is 0.278. The molecule has 1 aliphatic heterocycles. The fourth-order valence-corrected chi connectivity index (χ4v) is 3.47. The van der Waals surface area contributed by atoms with Gasteiger partial charge in [0.05, 0.1) is 6.61 Å². The van der Waals surface area contributed by atoms with Crippen LogP contribution in [0.2, 0.25) is 0 Å². The first kappa shape index (κ1) is 16.9. The maximum absolute atomic E-state index is 10.5. The molecule has 1 aromatic rings. The predicted octanol–water partition coefficient (Wildman–Crippen LogP) is 3.26. The molecule has 5 heteroatoms. The number of fused-ring (bicyclic) bond motifs is 1. The summed E-state index contributed by atoms with van der Waals surface area (Å²) in [5.41, 5.74) is 1.12. The summed E-state index contributed by atoms with van der Waals surface area (Å²) in [6.07, 6.45) is 3.90. The molecule has 0 radical (unpaired) electrons. The summed E-state index contributed by atoms with van der Waals surface area (Å²) >= 11 is 3.51. The van der Waals surface area contributed by atoms with Crippen molar-refractivity contribution in [1.29, 1.82) is 0 Å². The van der Waals surface area contributed by atoms with Crippen LogP contribution in [0.1, 0.15) is 19.4 Å². The number of rotatable bonds is 4. The van der Waals surface area contributed by atoms with E-state index in [-0.39, 0.29) is 6.10 Å². The molecule has 1 fully saturated rings. The van der Waals surface area contributed by atoms with Gasteiger partial charge in [-0.2, -0.15) is 0 Å². The van der Waals surface area contributed by atoms with Gasteiger partial charge in [-0.05, 0) is 25.5 Å². The van der Waals surface area contributed by atoms with Crippen molar-refractivity contribution in [2.45, 2.75) is 44.1 Å². The fraction of sp³-hybridized carbons (Fsp3) is 0.444. The fourth-order valence-electron chi connectivity index (χ4n) is 2.85. The van der Waals surface area contributed by atoms with Gasteiger partial charge in [0.1, 0.15) is 24.4 Å². The number of aliphatic hydroxyl groups excluding tert-OH is 1. The Morgan fingerprint density at radius 1 is 1.26 bits per heavy atom. The van der Waals surface area contributed by atoms with Crippen molar-refractivity contribution in [2.75, 3.05) is 6.61 Å². The van der Waals surface area contributed by atoms with Gasteiger partial charge in [0, 0.05) is 4.48 Å². The quantitative estimate of drug-likeness (QED) is 0.870. The van der Waals surface area contributed by atoms with Gasteiger partial charge < -0.3 is 19.3 Å². The Bertz CT molecular complexity index is 596. The first-order valence-corrected chi connectivity index (χ1v) is 8.50. The normalized spacial score (nSPS) is 32.8. The summed E-state index contributed by atoms with van der Waals surface area (Å²) in [5.74, 6) is -0.703. The van der Waals surface area contributed by atoms with Crippen LogP contribution in [0.25, 0.3) is 6.08 Å². The summed E-state index contributed by atoms with van der Waals surface area (Å²) in [5, 5.41) is 10.5. The van der Waals surface area contributed by atoms with Crippen LogP contribution in [0.4, 0.5) is 0 Å². The molecule has 1 heterocycles. The number of ether oxygens (including phenoxy) is 3. The zero-order valence-electron chi connectivity index (χ0n) is 13.2. The first-order valence-electron chi connectivity index (χ1n) is 7.70. The topological polar surface area (TPSA) is 47.9 Å². The molecular weight excluding hydrogens is 360 g/mol. The Labute approximate surface area is 144 Å². The molecule has 0 spiro atoms. The van der Waals surface area contributed by atoms with Gasteiger partial charge in [-0.3, -0.25) is 0 Å². The van der Waals surface area contributed by atoms with Gasteiger partial charge in [-0.15, -0.1) is 0 Å². The average Bonchev–Trinajstić information content (AvgIpc) is 2.86. The molecule has 124 valence electrons. The standard InChI is InChI=1S/C18H21BrO4/c1-18(2)22-16-13(19)11-14(15(20)17(16)23-18)21-10-6-9-12-7-4-3-5-8-12/h3-9,11,14-17,20H,10H2,1-2H3/b9-6+/t14-,15?,16+,17-/m0/s1. The lowest BCUT2D eigenvalue weighted by Gasteiger charge is -2.32. The smallest absolute Gasteiger partial charge is 0.164 e. The summed E-state index contributed by atoms with van der Waals surface area (Å²) < 4.78 is 18.2. The van der Waals surface area contributed by atoms with E-state index in [0.29, 0.717) is 6.61 Å². The third-order valence-electron chi connectivity index (χ3n) is 3.89. The van der Waals surface area contributed by atoms with E-state index in [1.54, 1.807) is 0 Å². The molecule has 1 N–H and O–H groups in total. The van der Waals surface area contributed by atoms with Crippen molar-refractivity contribution < 1.29 is 19.3 Å². The number of halogens is 1. The largest absolute Gasteiger partial charge is 0.387 e. The van der Waals surface area contributed by atoms with Gasteiger partial charge in [0.15, 0.2) is 5.79 Å². The highest BCUT2D eigenvalue weighted by Crippen LogP contribution is 2.40. The van der Waals surface area contributed by atoms with Crippen LogP contribution in [-0.2, 0) is 14.2 Å². The molecule has 1 saturated heterocycles. The van der Waals surface area contributed by atoms with Crippen LogP contribution >= 0.6 is 15.9 Å². The van der Waals surface area contributed by atoms with Gasteiger partial charge in [-0.1, -0.05) is 58.4 Å². The Hall–Kier alpha value is -0.980. The van der Waals surface area contributed by atoms with Crippen molar-refractivity contribution in [3.05, 3.63) is 52.5 Å². The highest BCUT2D eigenvalue weighted by molar-refractivity contribution is 9.11. The van der Waals surface area contributed by atoms with Crippen LogP contribution in [-0.4, -0.2) is 41.9 Å². The molecule has 2 aliphatic rings. The second-order valence-corrected chi connectivity index (χ2v) is 7.09. The van der Waals surface area contributed by atoms with E-state index in [2.05, 4.69) is 15.9 Å². The first-order chi connectivity index (χ1) is 11.0. The second-order valence-electron chi connectivity index (χ2n) is 6.17. The van der Waals surface area contributed by atoms with Crippen LogP contribution in [0, 0.1) is 0 Å². The van der Waals surface area contributed by atoms with Crippen LogP contribution < -0.4 is 0 Å². The van der Waals surface area contributed by atoms with Crippen molar-refractivity contribution in [3.63, 3.8) is 0 Å². The molecule has 1 aromatic carbocycles. The molecule has 1 aliphatic carbocycles.